The van der Waals surface area contributed by atoms with Crippen LogP contribution in [0.1, 0.15) is 26.5 Å². The van der Waals surface area contributed by atoms with Crippen LogP contribution in [0.4, 0.5) is 0 Å². The highest BCUT2D eigenvalue weighted by Crippen LogP contribution is 2.27. The van der Waals surface area contributed by atoms with E-state index in [9.17, 15) is 9.59 Å². The average molecular weight is 361 g/mol. The number of nitrogens with zero attached hydrogens (tertiary/aromatic N) is 2. The van der Waals surface area contributed by atoms with Gasteiger partial charge in [0, 0.05) is 11.8 Å². The predicted molar refractivity (Wildman–Crippen MR) is 97.4 cm³/mol. The Bertz CT molecular complexity index is 1120. The van der Waals surface area contributed by atoms with Crippen LogP contribution in [0, 0.1) is 6.92 Å². The molecule has 1 aromatic carbocycles. The number of aromatic nitrogens is 3. The van der Waals surface area contributed by atoms with E-state index in [2.05, 4.69) is 15.1 Å². The molecule has 0 saturated heterocycles. The predicted octanol–water partition coefficient (Wildman–Crippen LogP) is 3.57. The zero-order valence-electron chi connectivity index (χ0n) is 14.4. The summed E-state index contributed by atoms with van der Waals surface area (Å²) in [6.07, 6.45) is 1.63. The van der Waals surface area contributed by atoms with Gasteiger partial charge in [-0.1, -0.05) is 35.5 Å². The van der Waals surface area contributed by atoms with Gasteiger partial charge in [0.25, 0.3) is 5.71 Å². The highest BCUT2D eigenvalue weighted by Gasteiger charge is 2.21. The molecule has 3 aromatic heterocycles. The number of carbonyl (C=O) groups is 2. The van der Waals surface area contributed by atoms with Crippen molar-refractivity contribution in [3.63, 3.8) is 0 Å². The number of nitrogens with one attached hydrogen (secondary N) is 1. The summed E-state index contributed by atoms with van der Waals surface area (Å²) in [5.74, 6) is -0.949. The highest BCUT2D eigenvalue weighted by atomic mass is 16.5. The van der Waals surface area contributed by atoms with Gasteiger partial charge >= 0.3 is 5.97 Å². The van der Waals surface area contributed by atoms with E-state index in [0.717, 1.165) is 5.56 Å². The van der Waals surface area contributed by atoms with Crippen LogP contribution in [0.15, 0.2) is 59.3 Å². The molecule has 0 amide bonds. The van der Waals surface area contributed by atoms with Crippen molar-refractivity contribution in [2.45, 2.75) is 6.92 Å². The first kappa shape index (κ1) is 16.7. The molecule has 0 spiro atoms. The Hall–Kier alpha value is -3.74. The number of hydrogen-bond acceptors (Lipinski definition) is 6. The first-order valence-corrected chi connectivity index (χ1v) is 8.29. The first-order valence-electron chi connectivity index (χ1n) is 8.29. The van der Waals surface area contributed by atoms with Crippen molar-refractivity contribution in [2.75, 3.05) is 6.61 Å². The molecule has 0 unspecified atom stereocenters. The molecule has 0 aliphatic rings. The summed E-state index contributed by atoms with van der Waals surface area (Å²) in [4.78, 5) is 32.0. The van der Waals surface area contributed by atoms with Crippen LogP contribution in [-0.2, 0) is 4.74 Å². The molecule has 0 fully saturated rings. The minimum atomic E-state index is -0.634. The van der Waals surface area contributed by atoms with Crippen molar-refractivity contribution in [1.82, 2.24) is 15.1 Å². The lowest BCUT2D eigenvalue weighted by atomic mass is 10.1. The van der Waals surface area contributed by atoms with E-state index in [1.165, 1.54) is 0 Å². The van der Waals surface area contributed by atoms with Gasteiger partial charge in [0.15, 0.2) is 6.61 Å². The second-order valence-electron chi connectivity index (χ2n) is 5.95. The van der Waals surface area contributed by atoms with Crippen LogP contribution < -0.4 is 0 Å². The topological polar surface area (TPSA) is 98.1 Å². The molecule has 0 bridgehead atoms. The van der Waals surface area contributed by atoms with Gasteiger partial charge in [-0.05, 0) is 25.1 Å². The maximum atomic E-state index is 12.7. The van der Waals surface area contributed by atoms with Gasteiger partial charge in [-0.15, -0.1) is 0 Å². The number of carbonyl (C=O) groups excluding carboxylic acids is 2. The minimum absolute atomic E-state index is 0.247. The molecule has 0 atom stereocenters. The zero-order chi connectivity index (χ0) is 18.8. The molecule has 0 aliphatic heterocycles. The molecule has 0 aliphatic carbocycles. The van der Waals surface area contributed by atoms with Crippen LogP contribution in [0.2, 0.25) is 0 Å². The number of aromatic amines is 1. The van der Waals surface area contributed by atoms with Gasteiger partial charge in [0.1, 0.15) is 0 Å². The SMILES string of the molecule is Cc1noc2nc(-c3ccccc3)cc(C(=O)OCC(=O)c3ccc[nH]3)c12. The van der Waals surface area contributed by atoms with E-state index < -0.39 is 5.97 Å². The largest absolute Gasteiger partial charge is 0.454 e. The smallest absolute Gasteiger partial charge is 0.339 e. The molecular formula is C20H15N3O4. The summed E-state index contributed by atoms with van der Waals surface area (Å²) in [5, 5.41) is 4.37. The number of esters is 1. The van der Waals surface area contributed by atoms with Crippen molar-refractivity contribution < 1.29 is 18.8 Å². The van der Waals surface area contributed by atoms with E-state index in [-0.39, 0.29) is 23.7 Å². The summed E-state index contributed by atoms with van der Waals surface area (Å²) >= 11 is 0. The lowest BCUT2D eigenvalue weighted by Crippen LogP contribution is -2.15. The summed E-state index contributed by atoms with van der Waals surface area (Å²) in [6, 6.07) is 14.3. The third-order valence-electron chi connectivity index (χ3n) is 4.14. The number of Topliss-reactive ketones (excluding diaryl/α,β-unsaturated/α-hetero) is 1. The fraction of sp³-hybridized carbons (Fsp3) is 0.100. The van der Waals surface area contributed by atoms with E-state index in [4.69, 9.17) is 9.26 Å². The Kier molecular flexibility index (Phi) is 4.25. The van der Waals surface area contributed by atoms with Gasteiger partial charge < -0.3 is 14.2 Å². The minimum Gasteiger partial charge on any atom is -0.454 e. The Labute approximate surface area is 154 Å². The quantitative estimate of drug-likeness (QED) is 0.431. The van der Waals surface area contributed by atoms with Gasteiger partial charge in [0.05, 0.1) is 28.0 Å². The van der Waals surface area contributed by atoms with E-state index in [0.29, 0.717) is 22.5 Å². The maximum Gasteiger partial charge on any atom is 0.339 e. The fourth-order valence-corrected chi connectivity index (χ4v) is 2.80. The van der Waals surface area contributed by atoms with Gasteiger partial charge in [-0.3, -0.25) is 4.79 Å². The van der Waals surface area contributed by atoms with E-state index in [1.807, 2.05) is 30.3 Å². The Morgan fingerprint density at radius 2 is 1.96 bits per heavy atom. The summed E-state index contributed by atoms with van der Waals surface area (Å²) < 4.78 is 10.5. The number of pyridine rings is 1. The number of benzene rings is 1. The van der Waals surface area contributed by atoms with Crippen molar-refractivity contribution in [3.05, 3.63) is 71.7 Å². The summed E-state index contributed by atoms with van der Waals surface area (Å²) in [6.45, 7) is 1.35. The standard InChI is InChI=1S/C20H15N3O4/c1-12-18-14(20(25)26-11-17(24)15-8-5-9-21-15)10-16(22-19(18)27-23-12)13-6-3-2-4-7-13/h2-10,21H,11H2,1H3. The third kappa shape index (κ3) is 3.22. The first-order chi connectivity index (χ1) is 13.1. The number of ether oxygens (including phenoxy) is 1. The molecule has 1 N–H and O–H groups in total. The number of ketones is 1. The summed E-state index contributed by atoms with van der Waals surface area (Å²) in [5.41, 5.74) is 2.80. The second kappa shape index (κ2) is 6.87. The van der Waals surface area contributed by atoms with Gasteiger partial charge in [-0.25, -0.2) is 9.78 Å². The molecule has 3 heterocycles. The molecule has 0 saturated carbocycles. The van der Waals surface area contributed by atoms with E-state index >= 15 is 0 Å². The Morgan fingerprint density at radius 3 is 2.70 bits per heavy atom. The number of fused-ring (bicyclic) bond motifs is 1. The fourth-order valence-electron chi connectivity index (χ4n) is 2.80. The normalized spacial score (nSPS) is 10.9. The molecule has 4 rings (SSSR count). The number of rotatable bonds is 5. The Balaban J connectivity index is 1.68. The molecule has 7 nitrogen and oxygen atoms in total. The van der Waals surface area contributed by atoms with E-state index in [1.54, 1.807) is 31.3 Å². The highest BCUT2D eigenvalue weighted by molar-refractivity contribution is 6.05. The van der Waals surface area contributed by atoms with Crippen LogP contribution in [0.25, 0.3) is 22.4 Å². The third-order valence-corrected chi connectivity index (χ3v) is 4.14. The van der Waals surface area contributed by atoms with Crippen molar-refractivity contribution in [3.8, 4) is 11.3 Å². The molecular weight excluding hydrogens is 346 g/mol. The molecule has 27 heavy (non-hydrogen) atoms. The van der Waals surface area contributed by atoms with Crippen molar-refractivity contribution in [1.29, 1.82) is 0 Å². The van der Waals surface area contributed by atoms with Crippen LogP contribution in [0.3, 0.4) is 0 Å². The molecule has 134 valence electrons. The molecule has 0 radical (unpaired) electrons. The zero-order valence-corrected chi connectivity index (χ0v) is 14.4. The van der Waals surface area contributed by atoms with Crippen molar-refractivity contribution >= 4 is 22.9 Å². The number of aryl methyl sites for hydroxylation is 1. The van der Waals surface area contributed by atoms with Crippen LogP contribution >= 0.6 is 0 Å². The van der Waals surface area contributed by atoms with Gasteiger partial charge in [-0.2, -0.15) is 0 Å². The lowest BCUT2D eigenvalue weighted by Gasteiger charge is -2.07. The Morgan fingerprint density at radius 1 is 1.15 bits per heavy atom. The lowest BCUT2D eigenvalue weighted by molar-refractivity contribution is 0.0475. The number of hydrogen-bond donors (Lipinski definition) is 1. The summed E-state index contributed by atoms with van der Waals surface area (Å²) in [7, 11) is 0. The molecule has 4 aromatic rings. The van der Waals surface area contributed by atoms with Crippen LogP contribution in [-0.4, -0.2) is 33.5 Å². The van der Waals surface area contributed by atoms with Crippen LogP contribution in [0.5, 0.6) is 0 Å². The van der Waals surface area contributed by atoms with Gasteiger partial charge in [0.2, 0.25) is 5.78 Å². The van der Waals surface area contributed by atoms with Crippen molar-refractivity contribution in [2.24, 2.45) is 0 Å². The average Bonchev–Trinajstić information content (AvgIpc) is 3.36. The molecule has 7 heteroatoms. The maximum absolute atomic E-state index is 12.7. The monoisotopic (exact) mass is 361 g/mol. The second-order valence-corrected chi connectivity index (χ2v) is 5.95. The number of H-pyrrole nitrogens is 1.